The highest BCUT2D eigenvalue weighted by molar-refractivity contribution is 4.97. The Morgan fingerprint density at radius 3 is 3.05 bits per heavy atom. The molecule has 8 heteroatoms. The van der Waals surface area contributed by atoms with E-state index in [0.717, 1.165) is 13.0 Å². The highest BCUT2D eigenvalue weighted by Gasteiger charge is 2.29. The number of aromatic nitrogens is 2. The van der Waals surface area contributed by atoms with E-state index in [0.29, 0.717) is 18.1 Å². The molecule has 1 N–H and O–H groups in total. The van der Waals surface area contributed by atoms with Gasteiger partial charge in [-0.1, -0.05) is 5.16 Å². The zero-order chi connectivity index (χ0) is 13.7. The van der Waals surface area contributed by atoms with Crippen LogP contribution in [0.25, 0.3) is 0 Å². The minimum atomic E-state index is -2.45. The fourth-order valence-electron chi connectivity index (χ4n) is 1.92. The minimum absolute atomic E-state index is 0.00631. The van der Waals surface area contributed by atoms with Crippen LogP contribution in [-0.4, -0.2) is 49.5 Å². The maximum Gasteiger partial charge on any atom is 0.261 e. The van der Waals surface area contributed by atoms with Gasteiger partial charge in [-0.3, -0.25) is 0 Å². The minimum Gasteiger partial charge on any atom is -0.380 e. The second-order valence-corrected chi connectivity index (χ2v) is 4.32. The summed E-state index contributed by atoms with van der Waals surface area (Å²) in [6, 6.07) is -0.00631. The van der Waals surface area contributed by atoms with Crippen LogP contribution in [0, 0.1) is 0 Å². The number of hydrogen-bond acceptors (Lipinski definition) is 6. The summed E-state index contributed by atoms with van der Waals surface area (Å²) in [6.07, 6.45) is -1.17. The molecule has 0 amide bonds. The molecular weight excluding hydrogens is 260 g/mol. The molecule has 0 aliphatic carbocycles. The largest absolute Gasteiger partial charge is 0.380 e. The molecule has 2 rings (SSSR count). The Kier molecular flexibility index (Phi) is 5.17. The van der Waals surface area contributed by atoms with Crippen LogP contribution >= 0.6 is 0 Å². The summed E-state index contributed by atoms with van der Waals surface area (Å²) in [6.45, 7) is 0.336. The molecule has 0 saturated carbocycles. The SMILES string of the molecule is CO[C@@H]1CN[C@@H](c2nc(CCOCC(F)F)no2)C1. The number of hydrogen-bond donors (Lipinski definition) is 1. The Morgan fingerprint density at radius 1 is 1.53 bits per heavy atom. The lowest BCUT2D eigenvalue weighted by molar-refractivity contribution is 0.0182. The van der Waals surface area contributed by atoms with E-state index in [9.17, 15) is 8.78 Å². The third kappa shape index (κ3) is 4.19. The van der Waals surface area contributed by atoms with Crippen molar-refractivity contribution in [2.45, 2.75) is 31.4 Å². The summed E-state index contributed by atoms with van der Waals surface area (Å²) in [5.41, 5.74) is 0. The van der Waals surface area contributed by atoms with Gasteiger partial charge in [-0.15, -0.1) is 0 Å². The van der Waals surface area contributed by atoms with Crippen LogP contribution in [0.15, 0.2) is 4.52 Å². The van der Waals surface area contributed by atoms with Crippen molar-refractivity contribution in [3.8, 4) is 0 Å². The third-order valence-corrected chi connectivity index (χ3v) is 2.92. The number of nitrogens with one attached hydrogen (secondary N) is 1. The van der Waals surface area contributed by atoms with Gasteiger partial charge in [0.15, 0.2) is 5.82 Å². The molecule has 19 heavy (non-hydrogen) atoms. The van der Waals surface area contributed by atoms with E-state index in [-0.39, 0.29) is 18.8 Å². The molecule has 0 aromatic carbocycles. The van der Waals surface area contributed by atoms with E-state index < -0.39 is 13.0 Å². The first-order valence-electron chi connectivity index (χ1n) is 6.13. The van der Waals surface area contributed by atoms with Crippen LogP contribution in [0.2, 0.25) is 0 Å². The van der Waals surface area contributed by atoms with Crippen molar-refractivity contribution in [2.75, 3.05) is 26.9 Å². The normalized spacial score (nSPS) is 23.4. The smallest absolute Gasteiger partial charge is 0.261 e. The van der Waals surface area contributed by atoms with Crippen LogP contribution in [0.1, 0.15) is 24.2 Å². The summed E-state index contributed by atoms with van der Waals surface area (Å²) >= 11 is 0. The van der Waals surface area contributed by atoms with Crippen molar-refractivity contribution in [3.05, 3.63) is 11.7 Å². The molecule has 0 bridgehead atoms. The molecule has 108 valence electrons. The Bertz CT molecular complexity index is 389. The number of nitrogens with zero attached hydrogens (tertiary/aromatic N) is 2. The zero-order valence-corrected chi connectivity index (χ0v) is 10.6. The number of alkyl halides is 2. The molecule has 1 aliphatic rings. The first kappa shape index (κ1) is 14.3. The summed E-state index contributed by atoms with van der Waals surface area (Å²) in [4.78, 5) is 4.21. The van der Waals surface area contributed by atoms with Crippen LogP contribution in [0.5, 0.6) is 0 Å². The summed E-state index contributed by atoms with van der Waals surface area (Å²) in [7, 11) is 1.66. The van der Waals surface area contributed by atoms with Gasteiger partial charge in [-0.25, -0.2) is 8.78 Å². The number of methoxy groups -OCH3 is 1. The monoisotopic (exact) mass is 277 g/mol. The zero-order valence-electron chi connectivity index (χ0n) is 10.6. The van der Waals surface area contributed by atoms with E-state index in [1.807, 2.05) is 0 Å². The maximum atomic E-state index is 11.8. The first-order valence-corrected chi connectivity index (χ1v) is 6.13. The Balaban J connectivity index is 1.76. The highest BCUT2D eigenvalue weighted by atomic mass is 19.3. The Labute approximate surface area is 109 Å². The molecule has 1 fully saturated rings. The standard InChI is InChI=1S/C11H17F2N3O3/c1-17-7-4-8(14-5-7)11-15-10(16-19-11)2-3-18-6-9(12)13/h7-9,14H,2-6H2,1H3/t7-,8+/m0/s1. The molecular formula is C11H17F2N3O3. The lowest BCUT2D eigenvalue weighted by atomic mass is 10.2. The van der Waals surface area contributed by atoms with Gasteiger partial charge < -0.3 is 19.3 Å². The van der Waals surface area contributed by atoms with Crippen LogP contribution in [0.3, 0.4) is 0 Å². The van der Waals surface area contributed by atoms with Gasteiger partial charge in [0.05, 0.1) is 18.8 Å². The molecule has 0 spiro atoms. The van der Waals surface area contributed by atoms with E-state index in [4.69, 9.17) is 14.0 Å². The van der Waals surface area contributed by atoms with Crippen molar-refractivity contribution in [2.24, 2.45) is 0 Å². The average molecular weight is 277 g/mol. The van der Waals surface area contributed by atoms with E-state index in [1.165, 1.54) is 0 Å². The van der Waals surface area contributed by atoms with Crippen molar-refractivity contribution in [1.82, 2.24) is 15.5 Å². The molecule has 1 aromatic heterocycles. The lowest BCUT2D eigenvalue weighted by Gasteiger charge is -2.04. The number of halogens is 2. The van der Waals surface area contributed by atoms with E-state index in [1.54, 1.807) is 7.11 Å². The predicted octanol–water partition coefficient (Wildman–Crippen LogP) is 0.943. The first-order chi connectivity index (χ1) is 9.19. The number of ether oxygens (including phenoxy) is 2. The predicted molar refractivity (Wildman–Crippen MR) is 61.0 cm³/mol. The van der Waals surface area contributed by atoms with Gasteiger partial charge in [0.2, 0.25) is 5.89 Å². The number of rotatable bonds is 7. The lowest BCUT2D eigenvalue weighted by Crippen LogP contribution is -2.16. The summed E-state index contributed by atoms with van der Waals surface area (Å²) in [5.74, 6) is 0.968. The fourth-order valence-corrected chi connectivity index (χ4v) is 1.92. The summed E-state index contributed by atoms with van der Waals surface area (Å²) in [5, 5.41) is 7.01. The Hall–Kier alpha value is -1.12. The average Bonchev–Trinajstić information content (AvgIpc) is 3.02. The van der Waals surface area contributed by atoms with E-state index >= 15 is 0 Å². The van der Waals surface area contributed by atoms with E-state index in [2.05, 4.69) is 15.5 Å². The maximum absolute atomic E-state index is 11.8. The third-order valence-electron chi connectivity index (χ3n) is 2.92. The summed E-state index contributed by atoms with van der Waals surface area (Å²) < 4.78 is 38.8. The fraction of sp³-hybridized carbons (Fsp3) is 0.818. The van der Waals surface area contributed by atoms with Gasteiger partial charge in [0.1, 0.15) is 6.61 Å². The second kappa shape index (κ2) is 6.88. The van der Waals surface area contributed by atoms with Crippen molar-refractivity contribution in [3.63, 3.8) is 0 Å². The molecule has 2 heterocycles. The van der Waals surface area contributed by atoms with Crippen LogP contribution in [-0.2, 0) is 15.9 Å². The van der Waals surface area contributed by atoms with Crippen molar-refractivity contribution in [1.29, 1.82) is 0 Å². The molecule has 0 unspecified atom stereocenters. The van der Waals surface area contributed by atoms with Crippen LogP contribution < -0.4 is 5.32 Å². The van der Waals surface area contributed by atoms with Crippen molar-refractivity contribution < 1.29 is 22.8 Å². The molecule has 2 atom stereocenters. The second-order valence-electron chi connectivity index (χ2n) is 4.32. The molecule has 1 aliphatic heterocycles. The topological polar surface area (TPSA) is 69.4 Å². The quantitative estimate of drug-likeness (QED) is 0.748. The van der Waals surface area contributed by atoms with Gasteiger partial charge in [0, 0.05) is 20.1 Å². The molecule has 1 saturated heterocycles. The van der Waals surface area contributed by atoms with Gasteiger partial charge in [-0.2, -0.15) is 4.98 Å². The molecule has 0 radical (unpaired) electrons. The van der Waals surface area contributed by atoms with Gasteiger partial charge >= 0.3 is 0 Å². The van der Waals surface area contributed by atoms with Gasteiger partial charge in [0.25, 0.3) is 6.43 Å². The highest BCUT2D eigenvalue weighted by Crippen LogP contribution is 2.23. The van der Waals surface area contributed by atoms with Gasteiger partial charge in [-0.05, 0) is 6.42 Å². The van der Waals surface area contributed by atoms with Crippen LogP contribution in [0.4, 0.5) is 8.78 Å². The molecule has 6 nitrogen and oxygen atoms in total. The molecule has 1 aromatic rings. The Morgan fingerprint density at radius 2 is 2.37 bits per heavy atom. The van der Waals surface area contributed by atoms with Crippen molar-refractivity contribution >= 4 is 0 Å².